The summed E-state index contributed by atoms with van der Waals surface area (Å²) in [5.74, 6) is -0.598. The van der Waals surface area contributed by atoms with Gasteiger partial charge in [-0.15, -0.1) is 0 Å². The number of nitrogens with zero attached hydrogens (tertiary/aromatic N) is 1. The number of rotatable bonds is 1. The van der Waals surface area contributed by atoms with Crippen LogP contribution in [-0.2, 0) is 14.3 Å². The van der Waals surface area contributed by atoms with Gasteiger partial charge >= 0.3 is 12.1 Å². The number of ether oxygens (including phenoxy) is 2. The van der Waals surface area contributed by atoms with E-state index in [4.69, 9.17) is 9.84 Å². The van der Waals surface area contributed by atoms with Crippen molar-refractivity contribution in [3.63, 3.8) is 0 Å². The number of carbonyl (C=O) groups excluding carboxylic acids is 1. The maximum absolute atomic E-state index is 11.4. The van der Waals surface area contributed by atoms with Crippen LogP contribution in [0.1, 0.15) is 6.92 Å². The van der Waals surface area contributed by atoms with Crippen molar-refractivity contribution in [1.29, 1.82) is 0 Å². The van der Waals surface area contributed by atoms with Gasteiger partial charge in [0.25, 0.3) is 0 Å². The SMILES string of the molecule is COC(=O)C1(C)COCCN1C(=O)O. The second-order valence-corrected chi connectivity index (χ2v) is 3.25. The Morgan fingerprint density at radius 2 is 2.21 bits per heavy atom. The zero-order valence-electron chi connectivity index (χ0n) is 8.15. The Balaban J connectivity index is 2.90. The van der Waals surface area contributed by atoms with Gasteiger partial charge < -0.3 is 14.6 Å². The Kier molecular flexibility index (Phi) is 2.95. The fraction of sp³-hybridized carbons (Fsp3) is 0.750. The van der Waals surface area contributed by atoms with Crippen molar-refractivity contribution in [3.8, 4) is 0 Å². The number of carbonyl (C=O) groups is 2. The Labute approximate surface area is 81.4 Å². The summed E-state index contributed by atoms with van der Waals surface area (Å²) >= 11 is 0. The maximum Gasteiger partial charge on any atom is 0.408 e. The van der Waals surface area contributed by atoms with Crippen LogP contribution < -0.4 is 0 Å². The number of morpholine rings is 1. The van der Waals surface area contributed by atoms with Crippen LogP contribution in [0.2, 0.25) is 0 Å². The fourth-order valence-corrected chi connectivity index (χ4v) is 1.45. The standard InChI is InChI=1S/C8H13NO5/c1-8(6(10)13-2)5-14-4-3-9(8)7(11)12/h3-5H2,1-2H3,(H,11,12). The zero-order chi connectivity index (χ0) is 10.8. The van der Waals surface area contributed by atoms with Gasteiger partial charge in [-0.05, 0) is 6.92 Å². The van der Waals surface area contributed by atoms with E-state index >= 15 is 0 Å². The monoisotopic (exact) mass is 203 g/mol. The molecule has 0 saturated carbocycles. The highest BCUT2D eigenvalue weighted by atomic mass is 16.5. The van der Waals surface area contributed by atoms with Crippen molar-refractivity contribution in [2.45, 2.75) is 12.5 Å². The first-order chi connectivity index (χ1) is 6.52. The van der Waals surface area contributed by atoms with Crippen molar-refractivity contribution < 1.29 is 24.2 Å². The third-order valence-corrected chi connectivity index (χ3v) is 2.29. The number of hydrogen-bond acceptors (Lipinski definition) is 4. The smallest absolute Gasteiger partial charge is 0.408 e. The van der Waals surface area contributed by atoms with E-state index in [2.05, 4.69) is 4.74 Å². The second kappa shape index (κ2) is 3.83. The lowest BCUT2D eigenvalue weighted by atomic mass is 10.0. The third-order valence-electron chi connectivity index (χ3n) is 2.29. The Morgan fingerprint density at radius 3 is 2.71 bits per heavy atom. The normalized spacial score (nSPS) is 27.1. The molecule has 14 heavy (non-hydrogen) atoms. The number of carboxylic acid groups (broad SMARTS) is 1. The van der Waals surface area contributed by atoms with E-state index in [9.17, 15) is 9.59 Å². The van der Waals surface area contributed by atoms with Gasteiger partial charge in [0, 0.05) is 6.54 Å². The summed E-state index contributed by atoms with van der Waals surface area (Å²) in [6.07, 6.45) is -1.14. The molecular formula is C8H13NO5. The molecule has 80 valence electrons. The molecule has 1 atom stereocenters. The van der Waals surface area contributed by atoms with E-state index < -0.39 is 17.6 Å². The molecule has 0 aromatic heterocycles. The summed E-state index contributed by atoms with van der Waals surface area (Å²) in [7, 11) is 1.22. The molecule has 0 aromatic rings. The topological polar surface area (TPSA) is 76.1 Å². The van der Waals surface area contributed by atoms with Crippen LogP contribution in [0.5, 0.6) is 0 Å². The lowest BCUT2D eigenvalue weighted by Gasteiger charge is -2.39. The molecule has 1 heterocycles. The van der Waals surface area contributed by atoms with E-state index in [0.717, 1.165) is 4.90 Å². The maximum atomic E-state index is 11.4. The molecule has 1 N–H and O–H groups in total. The van der Waals surface area contributed by atoms with Crippen molar-refractivity contribution in [2.75, 3.05) is 26.9 Å². The van der Waals surface area contributed by atoms with Gasteiger partial charge in [-0.3, -0.25) is 4.90 Å². The minimum Gasteiger partial charge on any atom is -0.467 e. The molecule has 0 aromatic carbocycles. The Hall–Kier alpha value is -1.30. The van der Waals surface area contributed by atoms with E-state index in [0.29, 0.717) is 6.61 Å². The molecule has 6 heteroatoms. The lowest BCUT2D eigenvalue weighted by molar-refractivity contribution is -0.162. The fourth-order valence-electron chi connectivity index (χ4n) is 1.45. The van der Waals surface area contributed by atoms with Crippen molar-refractivity contribution in [3.05, 3.63) is 0 Å². The molecular weight excluding hydrogens is 190 g/mol. The highest BCUT2D eigenvalue weighted by molar-refractivity contribution is 5.85. The van der Waals surface area contributed by atoms with E-state index in [1.807, 2.05) is 0 Å². The average Bonchev–Trinajstić information content (AvgIpc) is 2.16. The van der Waals surface area contributed by atoms with Crippen LogP contribution in [0.3, 0.4) is 0 Å². The predicted octanol–water partition coefficient (Wildman–Crippen LogP) is -0.0717. The summed E-state index contributed by atoms with van der Waals surface area (Å²) in [5.41, 5.74) is -1.22. The first-order valence-corrected chi connectivity index (χ1v) is 4.19. The quantitative estimate of drug-likeness (QED) is 0.603. The van der Waals surface area contributed by atoms with Crippen LogP contribution in [0.4, 0.5) is 4.79 Å². The van der Waals surface area contributed by atoms with Crippen molar-refractivity contribution in [1.82, 2.24) is 4.90 Å². The van der Waals surface area contributed by atoms with Gasteiger partial charge in [-0.1, -0.05) is 0 Å². The Morgan fingerprint density at radius 1 is 1.57 bits per heavy atom. The van der Waals surface area contributed by atoms with Crippen LogP contribution in [0, 0.1) is 0 Å². The molecule has 1 unspecified atom stereocenters. The minimum atomic E-state index is -1.22. The van der Waals surface area contributed by atoms with Crippen molar-refractivity contribution in [2.24, 2.45) is 0 Å². The molecule has 0 spiro atoms. The van der Waals surface area contributed by atoms with Crippen molar-refractivity contribution >= 4 is 12.1 Å². The molecule has 1 aliphatic rings. The van der Waals surface area contributed by atoms with Crippen LogP contribution >= 0.6 is 0 Å². The van der Waals surface area contributed by atoms with Gasteiger partial charge in [0.05, 0.1) is 20.3 Å². The van der Waals surface area contributed by atoms with Gasteiger partial charge in [-0.25, -0.2) is 9.59 Å². The average molecular weight is 203 g/mol. The van der Waals surface area contributed by atoms with E-state index in [1.165, 1.54) is 14.0 Å². The van der Waals surface area contributed by atoms with Crippen LogP contribution in [-0.4, -0.2) is 54.5 Å². The number of amides is 1. The van der Waals surface area contributed by atoms with E-state index in [-0.39, 0.29) is 13.2 Å². The van der Waals surface area contributed by atoms with Crippen LogP contribution in [0.15, 0.2) is 0 Å². The highest BCUT2D eigenvalue weighted by Gasteiger charge is 2.46. The molecule has 0 radical (unpaired) electrons. The highest BCUT2D eigenvalue weighted by Crippen LogP contribution is 2.21. The first kappa shape index (κ1) is 10.8. The third kappa shape index (κ3) is 1.65. The van der Waals surface area contributed by atoms with E-state index in [1.54, 1.807) is 0 Å². The summed E-state index contributed by atoms with van der Waals surface area (Å²) in [6, 6.07) is 0. The number of methoxy groups -OCH3 is 1. The molecule has 1 rings (SSSR count). The molecule has 6 nitrogen and oxygen atoms in total. The molecule has 1 fully saturated rings. The second-order valence-electron chi connectivity index (χ2n) is 3.25. The molecule has 1 saturated heterocycles. The molecule has 1 amide bonds. The van der Waals surface area contributed by atoms with Gasteiger partial charge in [0.1, 0.15) is 0 Å². The molecule has 0 bridgehead atoms. The largest absolute Gasteiger partial charge is 0.467 e. The predicted molar refractivity (Wildman–Crippen MR) is 46.0 cm³/mol. The number of hydrogen-bond donors (Lipinski definition) is 1. The van der Waals surface area contributed by atoms with Gasteiger partial charge in [0.2, 0.25) is 0 Å². The zero-order valence-corrected chi connectivity index (χ0v) is 8.15. The Bertz CT molecular complexity index is 254. The molecule has 1 aliphatic heterocycles. The summed E-state index contributed by atoms with van der Waals surface area (Å²) < 4.78 is 9.63. The van der Waals surface area contributed by atoms with Gasteiger partial charge in [-0.2, -0.15) is 0 Å². The summed E-state index contributed by atoms with van der Waals surface area (Å²) in [4.78, 5) is 23.3. The van der Waals surface area contributed by atoms with Crippen LogP contribution in [0.25, 0.3) is 0 Å². The summed E-state index contributed by atoms with van der Waals surface area (Å²) in [5, 5.41) is 8.88. The first-order valence-electron chi connectivity index (χ1n) is 4.19. The number of esters is 1. The summed E-state index contributed by atoms with van der Waals surface area (Å²) in [6.45, 7) is 2.01. The molecule has 0 aliphatic carbocycles. The van der Waals surface area contributed by atoms with Gasteiger partial charge in [0.15, 0.2) is 5.54 Å². The minimum absolute atomic E-state index is 0.0337. The lowest BCUT2D eigenvalue weighted by Crippen LogP contribution is -2.61.